The topological polar surface area (TPSA) is 81.4 Å². The molecule has 1 fully saturated rings. The van der Waals surface area contributed by atoms with E-state index in [1.807, 2.05) is 67.3 Å². The number of aryl methyl sites for hydroxylation is 2. The van der Waals surface area contributed by atoms with Crippen LogP contribution >= 0.6 is 0 Å². The van der Waals surface area contributed by atoms with Crippen LogP contribution in [0.5, 0.6) is 6.01 Å². The molecule has 1 aliphatic heterocycles. The molecule has 0 radical (unpaired) electrons. The van der Waals surface area contributed by atoms with Crippen LogP contribution in [0, 0.1) is 13.8 Å². The van der Waals surface area contributed by atoms with Gasteiger partial charge in [0.25, 0.3) is 5.91 Å². The number of ether oxygens (including phenoxy) is 1. The van der Waals surface area contributed by atoms with Gasteiger partial charge in [-0.2, -0.15) is 0 Å². The number of carbonyl (C=O) groups excluding carboxylic acids is 1. The van der Waals surface area contributed by atoms with E-state index in [2.05, 4.69) is 15.1 Å². The van der Waals surface area contributed by atoms with Crippen molar-refractivity contribution in [2.75, 3.05) is 13.1 Å². The average molecular weight is 428 g/mol. The Morgan fingerprint density at radius 1 is 1.06 bits per heavy atom. The first kappa shape index (κ1) is 20.2. The van der Waals surface area contributed by atoms with Crippen LogP contribution in [0.1, 0.15) is 34.6 Å². The zero-order chi connectivity index (χ0) is 22.1. The molecule has 2 aromatic carbocycles. The van der Waals surface area contributed by atoms with E-state index in [0.29, 0.717) is 30.4 Å². The lowest BCUT2D eigenvalue weighted by Gasteiger charge is -2.32. The van der Waals surface area contributed by atoms with Crippen molar-refractivity contribution >= 4 is 16.8 Å². The zero-order valence-electron chi connectivity index (χ0n) is 18.1. The second-order valence-electron chi connectivity index (χ2n) is 8.18. The Bertz CT molecular complexity index is 1250. The highest BCUT2D eigenvalue weighted by atomic mass is 16.5. The third kappa shape index (κ3) is 4.06. The van der Waals surface area contributed by atoms with Crippen LogP contribution in [0.3, 0.4) is 0 Å². The lowest BCUT2D eigenvalue weighted by molar-refractivity contribution is 0.0515. The summed E-state index contributed by atoms with van der Waals surface area (Å²) in [5.41, 5.74) is 4.01. The summed E-state index contributed by atoms with van der Waals surface area (Å²) in [4.78, 5) is 23.9. The van der Waals surface area contributed by atoms with Gasteiger partial charge in [0.15, 0.2) is 5.76 Å². The molecule has 3 heterocycles. The van der Waals surface area contributed by atoms with Gasteiger partial charge in [-0.15, -0.1) is 0 Å². The first-order valence-electron chi connectivity index (χ1n) is 10.8. The fraction of sp³-hybridized carbons (Fsp3) is 0.280. The molecular weight excluding hydrogens is 404 g/mol. The van der Waals surface area contributed by atoms with Crippen LogP contribution in [-0.4, -0.2) is 45.1 Å². The van der Waals surface area contributed by atoms with Crippen LogP contribution in [0.4, 0.5) is 0 Å². The number of amides is 1. The van der Waals surface area contributed by atoms with Gasteiger partial charge in [-0.25, -0.2) is 9.97 Å². The third-order valence-corrected chi connectivity index (χ3v) is 5.66. The number of hydrogen-bond acceptors (Lipinski definition) is 6. The second kappa shape index (κ2) is 8.42. The van der Waals surface area contributed by atoms with Gasteiger partial charge in [-0.1, -0.05) is 35.5 Å². The summed E-state index contributed by atoms with van der Waals surface area (Å²) in [5, 5.41) is 4.98. The Balaban J connectivity index is 1.36. The number of fused-ring (bicyclic) bond motifs is 1. The molecule has 0 spiro atoms. The fourth-order valence-corrected chi connectivity index (χ4v) is 4.17. The molecule has 2 aromatic heterocycles. The number of aromatic nitrogens is 3. The molecule has 0 saturated carbocycles. The molecule has 32 heavy (non-hydrogen) atoms. The van der Waals surface area contributed by atoms with E-state index in [1.54, 1.807) is 6.07 Å². The lowest BCUT2D eigenvalue weighted by atomic mass is 10.0. The van der Waals surface area contributed by atoms with E-state index in [1.165, 1.54) is 0 Å². The highest BCUT2D eigenvalue weighted by Gasteiger charge is 2.27. The molecule has 162 valence electrons. The van der Waals surface area contributed by atoms with Gasteiger partial charge in [0.1, 0.15) is 11.6 Å². The van der Waals surface area contributed by atoms with Crippen molar-refractivity contribution in [2.24, 2.45) is 0 Å². The maximum absolute atomic E-state index is 13.3. The standard InChI is InChI=1S/C25H24N4O3/c1-16-13-17(2)27-25(26-16)31-20-9-6-12-29(15-20)24(30)19-10-11-22-21(14-19)23(32-28-22)18-7-4-3-5-8-18/h3-5,7-8,10-11,13-14,20H,6,9,12,15H2,1-2H3. The number of rotatable bonds is 4. The maximum Gasteiger partial charge on any atom is 0.317 e. The summed E-state index contributed by atoms with van der Waals surface area (Å²) < 4.78 is 11.6. The highest BCUT2D eigenvalue weighted by Crippen LogP contribution is 2.30. The van der Waals surface area contributed by atoms with E-state index in [4.69, 9.17) is 9.26 Å². The van der Waals surface area contributed by atoms with Crippen molar-refractivity contribution in [1.82, 2.24) is 20.0 Å². The summed E-state index contributed by atoms with van der Waals surface area (Å²) in [7, 11) is 0. The zero-order valence-corrected chi connectivity index (χ0v) is 18.1. The van der Waals surface area contributed by atoms with Gasteiger partial charge < -0.3 is 14.2 Å². The van der Waals surface area contributed by atoms with Crippen molar-refractivity contribution < 1.29 is 14.1 Å². The second-order valence-corrected chi connectivity index (χ2v) is 8.18. The van der Waals surface area contributed by atoms with Gasteiger partial charge in [-0.05, 0) is 51.0 Å². The summed E-state index contributed by atoms with van der Waals surface area (Å²) in [6.45, 7) is 5.04. The Labute approximate surface area is 186 Å². The quantitative estimate of drug-likeness (QED) is 0.473. The predicted molar refractivity (Wildman–Crippen MR) is 121 cm³/mol. The van der Waals surface area contributed by atoms with Crippen LogP contribution in [0.25, 0.3) is 22.2 Å². The first-order valence-corrected chi connectivity index (χ1v) is 10.8. The smallest absolute Gasteiger partial charge is 0.317 e. The molecule has 5 rings (SSSR count). The van der Waals surface area contributed by atoms with Crippen LogP contribution in [-0.2, 0) is 0 Å². The number of piperidine rings is 1. The van der Waals surface area contributed by atoms with Gasteiger partial charge in [0, 0.05) is 29.1 Å². The van der Waals surface area contributed by atoms with E-state index in [-0.39, 0.29) is 12.0 Å². The number of likely N-dealkylation sites (tertiary alicyclic amines) is 1. The molecule has 4 aromatic rings. The monoisotopic (exact) mass is 428 g/mol. The maximum atomic E-state index is 13.3. The molecule has 0 N–H and O–H groups in total. The van der Waals surface area contributed by atoms with Crippen molar-refractivity contribution in [3.63, 3.8) is 0 Å². The summed E-state index contributed by atoms with van der Waals surface area (Å²) >= 11 is 0. The lowest BCUT2D eigenvalue weighted by Crippen LogP contribution is -2.44. The van der Waals surface area contributed by atoms with Crippen molar-refractivity contribution in [3.05, 3.63) is 71.5 Å². The number of nitrogens with zero attached hydrogens (tertiary/aromatic N) is 4. The van der Waals surface area contributed by atoms with Gasteiger partial charge in [-0.3, -0.25) is 4.79 Å². The van der Waals surface area contributed by atoms with E-state index in [9.17, 15) is 4.79 Å². The van der Waals surface area contributed by atoms with Crippen molar-refractivity contribution in [1.29, 1.82) is 0 Å². The van der Waals surface area contributed by atoms with Gasteiger partial charge in [0.2, 0.25) is 0 Å². The van der Waals surface area contributed by atoms with Gasteiger partial charge >= 0.3 is 6.01 Å². The average Bonchev–Trinajstić information content (AvgIpc) is 3.22. The molecule has 0 bridgehead atoms. The Morgan fingerprint density at radius 3 is 2.62 bits per heavy atom. The molecule has 7 nitrogen and oxygen atoms in total. The number of carbonyl (C=O) groups is 1. The largest absolute Gasteiger partial charge is 0.458 e. The summed E-state index contributed by atoms with van der Waals surface area (Å²) in [6, 6.07) is 17.6. The molecule has 1 aliphatic rings. The fourth-order valence-electron chi connectivity index (χ4n) is 4.17. The SMILES string of the molecule is Cc1cc(C)nc(OC2CCCN(C(=O)c3ccc4noc(-c5ccccc5)c4c3)C2)n1. The molecule has 0 aliphatic carbocycles. The van der Waals surface area contributed by atoms with Crippen LogP contribution in [0.2, 0.25) is 0 Å². The van der Waals surface area contributed by atoms with Crippen molar-refractivity contribution in [2.45, 2.75) is 32.8 Å². The molecular formula is C25H24N4O3. The molecule has 1 atom stereocenters. The Hall–Kier alpha value is -3.74. The third-order valence-electron chi connectivity index (χ3n) is 5.66. The number of hydrogen-bond donors (Lipinski definition) is 0. The van der Waals surface area contributed by atoms with Crippen LogP contribution < -0.4 is 4.74 Å². The molecule has 1 unspecified atom stereocenters. The minimum atomic E-state index is -0.131. The minimum Gasteiger partial charge on any atom is -0.458 e. The van der Waals surface area contributed by atoms with E-state index < -0.39 is 0 Å². The molecule has 1 amide bonds. The van der Waals surface area contributed by atoms with Gasteiger partial charge in [0.05, 0.1) is 11.9 Å². The Morgan fingerprint density at radius 2 is 1.84 bits per heavy atom. The minimum absolute atomic E-state index is 0.0262. The predicted octanol–water partition coefficient (Wildman–Crippen LogP) is 4.59. The Kier molecular flexibility index (Phi) is 5.31. The summed E-state index contributed by atoms with van der Waals surface area (Å²) in [5.74, 6) is 0.642. The molecule has 7 heteroatoms. The molecule has 1 saturated heterocycles. The number of benzene rings is 2. The van der Waals surface area contributed by atoms with Crippen molar-refractivity contribution in [3.8, 4) is 17.3 Å². The first-order chi connectivity index (χ1) is 15.6. The normalized spacial score (nSPS) is 16.3. The summed E-state index contributed by atoms with van der Waals surface area (Å²) in [6.07, 6.45) is 1.60. The van der Waals surface area contributed by atoms with E-state index in [0.717, 1.165) is 40.7 Å². The van der Waals surface area contributed by atoms with E-state index >= 15 is 0 Å². The highest BCUT2D eigenvalue weighted by molar-refractivity contribution is 6.01. The van der Waals surface area contributed by atoms with Crippen LogP contribution in [0.15, 0.2) is 59.1 Å².